The third kappa shape index (κ3) is 4.51. The van der Waals surface area contributed by atoms with Crippen LogP contribution in [0, 0.1) is 0 Å². The van der Waals surface area contributed by atoms with Crippen molar-refractivity contribution in [1.29, 1.82) is 0 Å². The highest BCUT2D eigenvalue weighted by Crippen LogP contribution is 2.24. The molecule has 7 nitrogen and oxygen atoms in total. The summed E-state index contributed by atoms with van der Waals surface area (Å²) in [5.74, 6) is -2.29. The van der Waals surface area contributed by atoms with Crippen LogP contribution in [0.15, 0.2) is 0 Å². The maximum absolute atomic E-state index is 12.3. The number of amides is 1. The lowest BCUT2D eigenvalue weighted by atomic mass is 9.97. The number of aliphatic hydroxyl groups excluding tert-OH is 3. The first-order valence-corrected chi connectivity index (χ1v) is 6.23. The number of rotatable bonds is 4. The number of nitrogens with one attached hydrogen (secondary N) is 1. The fourth-order valence-corrected chi connectivity index (χ4v) is 1.85. The Morgan fingerprint density at radius 1 is 1.33 bits per heavy atom. The SMILES string of the molecule is CC(C)O[C@@H]1O[C@H](CO)[C@H](O)[C@H](O)[C@H]1NC(=O)C(F)(F)F. The van der Waals surface area contributed by atoms with E-state index in [4.69, 9.17) is 14.6 Å². The van der Waals surface area contributed by atoms with Gasteiger partial charge in [0.2, 0.25) is 0 Å². The van der Waals surface area contributed by atoms with E-state index in [9.17, 15) is 28.2 Å². The Hall–Kier alpha value is -0.940. The summed E-state index contributed by atoms with van der Waals surface area (Å²) in [7, 11) is 0. The van der Waals surface area contributed by atoms with Gasteiger partial charge in [0, 0.05) is 0 Å². The summed E-state index contributed by atoms with van der Waals surface area (Å²) in [4.78, 5) is 11.0. The lowest BCUT2D eigenvalue weighted by molar-refractivity contribution is -0.280. The van der Waals surface area contributed by atoms with Crippen molar-refractivity contribution < 1.29 is 42.8 Å². The van der Waals surface area contributed by atoms with Crippen LogP contribution in [-0.4, -0.2) is 70.8 Å². The molecular weight excluding hydrogens is 299 g/mol. The lowest BCUT2D eigenvalue weighted by Crippen LogP contribution is -2.66. The lowest BCUT2D eigenvalue weighted by Gasteiger charge is -2.42. The third-order valence-electron chi connectivity index (χ3n) is 2.84. The largest absolute Gasteiger partial charge is 0.471 e. The third-order valence-corrected chi connectivity index (χ3v) is 2.84. The molecule has 1 amide bonds. The molecule has 0 saturated carbocycles. The van der Waals surface area contributed by atoms with Gasteiger partial charge in [-0.15, -0.1) is 0 Å². The summed E-state index contributed by atoms with van der Waals surface area (Å²) < 4.78 is 47.1. The molecule has 124 valence electrons. The van der Waals surface area contributed by atoms with E-state index in [0.717, 1.165) is 0 Å². The van der Waals surface area contributed by atoms with Gasteiger partial charge in [-0.05, 0) is 13.8 Å². The van der Waals surface area contributed by atoms with Crippen LogP contribution in [0.25, 0.3) is 0 Å². The second-order valence-corrected chi connectivity index (χ2v) is 4.89. The van der Waals surface area contributed by atoms with E-state index < -0.39 is 55.4 Å². The number of alkyl halides is 3. The molecule has 1 saturated heterocycles. The second-order valence-electron chi connectivity index (χ2n) is 4.89. The van der Waals surface area contributed by atoms with Gasteiger partial charge in [0.1, 0.15) is 24.4 Å². The van der Waals surface area contributed by atoms with Crippen LogP contribution in [0.4, 0.5) is 13.2 Å². The number of hydrogen-bond acceptors (Lipinski definition) is 6. The monoisotopic (exact) mass is 317 g/mol. The Balaban J connectivity index is 2.91. The molecule has 1 heterocycles. The molecule has 0 bridgehead atoms. The second kappa shape index (κ2) is 6.88. The van der Waals surface area contributed by atoms with E-state index >= 15 is 0 Å². The van der Waals surface area contributed by atoms with E-state index in [1.54, 1.807) is 13.8 Å². The minimum atomic E-state index is -5.15. The topological polar surface area (TPSA) is 108 Å². The van der Waals surface area contributed by atoms with Crippen molar-refractivity contribution in [2.75, 3.05) is 6.61 Å². The molecule has 1 fully saturated rings. The van der Waals surface area contributed by atoms with E-state index in [-0.39, 0.29) is 0 Å². The normalized spacial score (nSPS) is 34.0. The predicted molar refractivity (Wildman–Crippen MR) is 62.0 cm³/mol. The van der Waals surface area contributed by atoms with Crippen molar-refractivity contribution in [3.63, 3.8) is 0 Å². The highest BCUT2D eigenvalue weighted by molar-refractivity contribution is 5.82. The molecule has 0 aliphatic carbocycles. The van der Waals surface area contributed by atoms with Crippen LogP contribution in [-0.2, 0) is 14.3 Å². The smallest absolute Gasteiger partial charge is 0.394 e. The van der Waals surface area contributed by atoms with Gasteiger partial charge in [0.25, 0.3) is 0 Å². The minimum Gasteiger partial charge on any atom is -0.394 e. The first-order valence-electron chi connectivity index (χ1n) is 6.23. The van der Waals surface area contributed by atoms with Crippen LogP contribution in [0.2, 0.25) is 0 Å². The van der Waals surface area contributed by atoms with Crippen LogP contribution in [0.5, 0.6) is 0 Å². The van der Waals surface area contributed by atoms with E-state index in [1.165, 1.54) is 5.32 Å². The Bertz CT molecular complexity index is 364. The zero-order valence-corrected chi connectivity index (χ0v) is 11.4. The van der Waals surface area contributed by atoms with Gasteiger partial charge in [0.05, 0.1) is 12.7 Å². The predicted octanol–water partition coefficient (Wildman–Crippen LogP) is -1.10. The highest BCUT2D eigenvalue weighted by atomic mass is 19.4. The first kappa shape index (κ1) is 18.1. The summed E-state index contributed by atoms with van der Waals surface area (Å²) in [5, 5.41) is 30.0. The molecule has 0 aromatic rings. The van der Waals surface area contributed by atoms with E-state index in [1.807, 2.05) is 0 Å². The number of carbonyl (C=O) groups is 1. The molecule has 5 atom stereocenters. The maximum Gasteiger partial charge on any atom is 0.471 e. The quantitative estimate of drug-likeness (QED) is 0.524. The summed E-state index contributed by atoms with van der Waals surface area (Å²) >= 11 is 0. The average Bonchev–Trinajstić information content (AvgIpc) is 2.36. The molecule has 0 aromatic heterocycles. The summed E-state index contributed by atoms with van der Waals surface area (Å²) in [6, 6.07) is -1.63. The standard InChI is InChI=1S/C11H18F3NO6/c1-4(2)20-9-6(15-10(19)11(12,13)14)8(18)7(17)5(3-16)21-9/h4-9,16-18H,3H2,1-2H3,(H,15,19)/t5-,6-,7+,8-,9-/m1/s1. The molecular formula is C11H18F3NO6. The van der Waals surface area contributed by atoms with Gasteiger partial charge in [-0.3, -0.25) is 4.79 Å². The van der Waals surface area contributed by atoms with E-state index in [0.29, 0.717) is 0 Å². The molecule has 4 N–H and O–H groups in total. The average molecular weight is 317 g/mol. The summed E-state index contributed by atoms with van der Waals surface area (Å²) in [6.07, 6.45) is -11.8. The molecule has 10 heteroatoms. The first-order chi connectivity index (χ1) is 9.57. The summed E-state index contributed by atoms with van der Waals surface area (Å²) in [6.45, 7) is 2.46. The van der Waals surface area contributed by atoms with Crippen molar-refractivity contribution in [3.05, 3.63) is 0 Å². The maximum atomic E-state index is 12.3. The number of ether oxygens (including phenoxy) is 2. The fourth-order valence-electron chi connectivity index (χ4n) is 1.85. The number of halogens is 3. The van der Waals surface area contributed by atoms with Crippen LogP contribution in [0.3, 0.4) is 0 Å². The Morgan fingerprint density at radius 3 is 2.33 bits per heavy atom. The van der Waals surface area contributed by atoms with Gasteiger partial charge >= 0.3 is 12.1 Å². The molecule has 1 aliphatic rings. The Labute approximate surface area is 118 Å². The van der Waals surface area contributed by atoms with Crippen molar-refractivity contribution in [2.45, 2.75) is 56.8 Å². The van der Waals surface area contributed by atoms with Crippen molar-refractivity contribution in [3.8, 4) is 0 Å². The zero-order valence-electron chi connectivity index (χ0n) is 11.4. The van der Waals surface area contributed by atoms with E-state index in [2.05, 4.69) is 0 Å². The molecule has 1 rings (SSSR count). The molecule has 21 heavy (non-hydrogen) atoms. The minimum absolute atomic E-state index is 0.484. The molecule has 0 radical (unpaired) electrons. The van der Waals surface area contributed by atoms with Crippen molar-refractivity contribution in [2.24, 2.45) is 0 Å². The van der Waals surface area contributed by atoms with Crippen LogP contribution >= 0.6 is 0 Å². The number of aliphatic hydroxyl groups is 3. The Morgan fingerprint density at radius 2 is 1.90 bits per heavy atom. The van der Waals surface area contributed by atoms with Crippen molar-refractivity contribution in [1.82, 2.24) is 5.32 Å². The Kier molecular flexibility index (Phi) is 5.93. The highest BCUT2D eigenvalue weighted by Gasteiger charge is 2.49. The number of hydrogen-bond donors (Lipinski definition) is 4. The summed E-state index contributed by atoms with van der Waals surface area (Å²) in [5.41, 5.74) is 0. The van der Waals surface area contributed by atoms with Crippen LogP contribution < -0.4 is 5.32 Å². The van der Waals surface area contributed by atoms with Gasteiger partial charge < -0.3 is 30.1 Å². The van der Waals surface area contributed by atoms with Crippen molar-refractivity contribution >= 4 is 5.91 Å². The van der Waals surface area contributed by atoms with Gasteiger partial charge in [-0.1, -0.05) is 0 Å². The van der Waals surface area contributed by atoms with Gasteiger partial charge in [-0.2, -0.15) is 13.2 Å². The van der Waals surface area contributed by atoms with Crippen LogP contribution in [0.1, 0.15) is 13.8 Å². The fraction of sp³-hybridized carbons (Fsp3) is 0.909. The molecule has 0 unspecified atom stereocenters. The molecule has 1 aliphatic heterocycles. The van der Waals surface area contributed by atoms with Gasteiger partial charge in [-0.25, -0.2) is 0 Å². The number of carbonyl (C=O) groups excluding carboxylic acids is 1. The van der Waals surface area contributed by atoms with Gasteiger partial charge in [0.15, 0.2) is 6.29 Å². The molecule has 0 aromatic carbocycles. The molecule has 0 spiro atoms. The zero-order chi connectivity index (χ0) is 16.4.